The molecule has 2 amide bonds. The third-order valence-corrected chi connectivity index (χ3v) is 3.30. The molecule has 30 heavy (non-hydrogen) atoms. The number of carboxylic acids is 2. The fourth-order valence-corrected chi connectivity index (χ4v) is 1.54. The van der Waals surface area contributed by atoms with Crippen LogP contribution in [0.15, 0.2) is 0 Å². The summed E-state index contributed by atoms with van der Waals surface area (Å²) in [5, 5.41) is 38.5. The first-order valence-corrected chi connectivity index (χ1v) is 7.09. The first-order chi connectivity index (χ1) is 13.3. The third-order valence-electron chi connectivity index (χ3n) is 3.30. The van der Waals surface area contributed by atoms with Gasteiger partial charge in [0.2, 0.25) is 0 Å². The van der Waals surface area contributed by atoms with E-state index in [1.807, 2.05) is 0 Å². The van der Waals surface area contributed by atoms with Crippen LogP contribution in [-0.2, 0) is 19.2 Å². The molecule has 0 radical (unpaired) electrons. The molecule has 0 bridgehead atoms. The van der Waals surface area contributed by atoms with Gasteiger partial charge in [-0.1, -0.05) is 0 Å². The minimum Gasteiger partial charge on any atom is -0.548 e. The van der Waals surface area contributed by atoms with Crippen molar-refractivity contribution in [2.24, 2.45) is 0 Å². The first kappa shape index (κ1) is 27.2. The smallest absolute Gasteiger partial charge is 0.392 e. The molecule has 2 unspecified atom stereocenters. The van der Waals surface area contributed by atoms with Gasteiger partial charge in [-0.2, -0.15) is 35.1 Å². The Kier molecular flexibility index (Phi) is 8.12. The second kappa shape index (κ2) is 8.94. The van der Waals surface area contributed by atoms with Crippen molar-refractivity contribution < 1.29 is 74.7 Å². The maximum Gasteiger partial charge on any atom is 0.392 e. The van der Waals surface area contributed by atoms with Gasteiger partial charge in [0.1, 0.15) is 0 Å². The van der Waals surface area contributed by atoms with E-state index in [0.29, 0.717) is 10.6 Å². The van der Waals surface area contributed by atoms with E-state index < -0.39 is 72.7 Å². The van der Waals surface area contributed by atoms with E-state index in [1.54, 1.807) is 0 Å². The van der Waals surface area contributed by atoms with Crippen LogP contribution in [0.3, 0.4) is 0 Å². The summed E-state index contributed by atoms with van der Waals surface area (Å²) < 4.78 is 109. The Hall–Kier alpha value is -2.76. The number of alkyl halides is 8. The zero-order chi connectivity index (χ0) is 24.3. The predicted molar refractivity (Wildman–Crippen MR) is 67.8 cm³/mol. The molecule has 18 heteroatoms. The van der Waals surface area contributed by atoms with E-state index in [9.17, 15) is 64.5 Å². The Balaban J connectivity index is 6.01. The monoisotopic (exact) mass is 462 g/mol. The SMILES string of the molecule is O=C([O-])C(CO)NC(=O)C(F)(F)C(F)(F)C(F)(F)C(F)(F)C(=O)NC(CO)C(=O)[O-]. The van der Waals surface area contributed by atoms with Crippen LogP contribution in [0.25, 0.3) is 0 Å². The lowest BCUT2D eigenvalue weighted by molar-refractivity contribution is -0.348. The van der Waals surface area contributed by atoms with Crippen molar-refractivity contribution in [3.63, 3.8) is 0 Å². The second-order valence-corrected chi connectivity index (χ2v) is 5.35. The summed E-state index contributed by atoms with van der Waals surface area (Å²) >= 11 is 0. The molecular formula is C12H10F8N2O8-2. The number of hydrogen-bond acceptors (Lipinski definition) is 8. The quantitative estimate of drug-likeness (QED) is 0.224. The van der Waals surface area contributed by atoms with Crippen LogP contribution in [0.5, 0.6) is 0 Å². The predicted octanol–water partition coefficient (Wildman–Crippen LogP) is -4.02. The van der Waals surface area contributed by atoms with Gasteiger partial charge in [-0.15, -0.1) is 0 Å². The maximum absolute atomic E-state index is 13.6. The van der Waals surface area contributed by atoms with Crippen LogP contribution in [0.2, 0.25) is 0 Å². The highest BCUT2D eigenvalue weighted by Gasteiger charge is 2.84. The molecule has 10 nitrogen and oxygen atoms in total. The number of aliphatic hydroxyl groups is 2. The summed E-state index contributed by atoms with van der Waals surface area (Å²) in [6.45, 7) is -3.51. The standard InChI is InChI=1S/C12H12F8N2O8/c13-9(14,7(29)21-3(1-23)5(25)26)11(17,18)12(19,20)10(15,16)8(30)22-4(2-24)6(27)28/h3-4,23-24H,1-2H2,(H,21,29)(H,22,30)(H,25,26)(H,27,28)/p-2. The van der Waals surface area contributed by atoms with Gasteiger partial charge in [-0.05, 0) is 0 Å². The molecule has 174 valence electrons. The van der Waals surface area contributed by atoms with E-state index in [2.05, 4.69) is 0 Å². The lowest BCUT2D eigenvalue weighted by atomic mass is 9.97. The van der Waals surface area contributed by atoms with Crippen molar-refractivity contribution in [1.29, 1.82) is 0 Å². The molecule has 0 aliphatic heterocycles. The van der Waals surface area contributed by atoms with Gasteiger partial charge >= 0.3 is 23.7 Å². The van der Waals surface area contributed by atoms with Gasteiger partial charge in [0.05, 0.1) is 37.2 Å². The van der Waals surface area contributed by atoms with Crippen LogP contribution in [0.1, 0.15) is 0 Å². The van der Waals surface area contributed by atoms with Gasteiger partial charge in [0, 0.05) is 0 Å². The number of halogens is 8. The summed E-state index contributed by atoms with van der Waals surface area (Å²) in [4.78, 5) is 42.9. The van der Waals surface area contributed by atoms with Crippen LogP contribution >= 0.6 is 0 Å². The van der Waals surface area contributed by atoms with Crippen molar-refractivity contribution in [3.05, 3.63) is 0 Å². The summed E-state index contributed by atoms with van der Waals surface area (Å²) in [5.41, 5.74) is 0. The zero-order valence-electron chi connectivity index (χ0n) is 13.9. The minimum absolute atomic E-state index is 0.443. The number of nitrogens with one attached hydrogen (secondary N) is 2. The Morgan fingerprint density at radius 3 is 1.07 bits per heavy atom. The minimum atomic E-state index is -7.38. The summed E-state index contributed by atoms with van der Waals surface area (Å²) in [7, 11) is 0. The van der Waals surface area contributed by atoms with Crippen molar-refractivity contribution in [3.8, 4) is 0 Å². The van der Waals surface area contributed by atoms with E-state index in [1.165, 1.54) is 0 Å². The van der Waals surface area contributed by atoms with Crippen LogP contribution in [0, 0.1) is 0 Å². The second-order valence-electron chi connectivity index (χ2n) is 5.35. The summed E-state index contributed by atoms with van der Waals surface area (Å²) in [5.74, 6) is -40.6. The highest BCUT2D eigenvalue weighted by Crippen LogP contribution is 2.52. The van der Waals surface area contributed by atoms with E-state index in [0.717, 1.165) is 0 Å². The molecule has 0 aliphatic rings. The Morgan fingerprint density at radius 2 is 0.900 bits per heavy atom. The van der Waals surface area contributed by atoms with Crippen molar-refractivity contribution in [2.45, 2.75) is 35.8 Å². The molecule has 0 spiro atoms. The highest BCUT2D eigenvalue weighted by molar-refractivity contribution is 5.91. The maximum atomic E-state index is 13.6. The van der Waals surface area contributed by atoms with Crippen molar-refractivity contribution in [1.82, 2.24) is 10.6 Å². The average molecular weight is 462 g/mol. The van der Waals surface area contributed by atoms with Gasteiger partial charge < -0.3 is 40.6 Å². The Labute approximate surface area is 159 Å². The number of aliphatic carboxylic acids is 2. The number of carbonyl (C=O) groups is 4. The summed E-state index contributed by atoms with van der Waals surface area (Å²) in [6.07, 6.45) is 0. The number of amides is 2. The van der Waals surface area contributed by atoms with Crippen LogP contribution in [-0.4, -0.2) is 83.0 Å². The number of hydrogen-bond donors (Lipinski definition) is 4. The third kappa shape index (κ3) is 4.69. The van der Waals surface area contributed by atoms with Gasteiger partial charge in [0.25, 0.3) is 11.8 Å². The van der Waals surface area contributed by atoms with E-state index >= 15 is 0 Å². The number of carboxylic acid groups (broad SMARTS) is 2. The van der Waals surface area contributed by atoms with Crippen LogP contribution < -0.4 is 20.8 Å². The molecule has 0 aromatic carbocycles. The fraction of sp³-hybridized carbons (Fsp3) is 0.667. The summed E-state index contributed by atoms with van der Waals surface area (Å²) in [6, 6.07) is -5.66. The highest BCUT2D eigenvalue weighted by atomic mass is 19.4. The molecule has 0 heterocycles. The fourth-order valence-electron chi connectivity index (χ4n) is 1.54. The molecule has 0 saturated carbocycles. The largest absolute Gasteiger partial charge is 0.548 e. The topological polar surface area (TPSA) is 179 Å². The molecule has 0 aliphatic carbocycles. The van der Waals surface area contributed by atoms with Crippen molar-refractivity contribution in [2.75, 3.05) is 13.2 Å². The zero-order valence-corrected chi connectivity index (χ0v) is 13.9. The lowest BCUT2D eigenvalue weighted by Gasteiger charge is -2.36. The molecule has 0 rings (SSSR count). The molecule has 0 saturated heterocycles. The van der Waals surface area contributed by atoms with Crippen LogP contribution in [0.4, 0.5) is 35.1 Å². The average Bonchev–Trinajstić information content (AvgIpc) is 2.62. The molecule has 2 atom stereocenters. The number of aliphatic hydroxyl groups excluding tert-OH is 2. The normalized spacial score (nSPS) is 15.1. The van der Waals surface area contributed by atoms with E-state index in [-0.39, 0.29) is 0 Å². The lowest BCUT2D eigenvalue weighted by Crippen LogP contribution is -2.70. The molecular weight excluding hydrogens is 452 g/mol. The number of rotatable bonds is 11. The molecule has 0 aromatic rings. The first-order valence-electron chi connectivity index (χ1n) is 7.09. The van der Waals surface area contributed by atoms with Crippen molar-refractivity contribution >= 4 is 23.8 Å². The van der Waals surface area contributed by atoms with Gasteiger partial charge in [0.15, 0.2) is 0 Å². The molecule has 0 fully saturated rings. The van der Waals surface area contributed by atoms with Gasteiger partial charge in [-0.25, -0.2) is 0 Å². The number of carbonyl (C=O) groups excluding carboxylic acids is 4. The van der Waals surface area contributed by atoms with E-state index in [4.69, 9.17) is 10.2 Å². The van der Waals surface area contributed by atoms with Gasteiger partial charge in [-0.3, -0.25) is 9.59 Å². The molecule has 0 aromatic heterocycles. The Bertz CT molecular complexity index is 644. The Morgan fingerprint density at radius 1 is 0.667 bits per heavy atom. The molecule has 4 N–H and O–H groups in total.